The van der Waals surface area contributed by atoms with E-state index in [0.717, 1.165) is 19.0 Å². The zero-order valence-corrected chi connectivity index (χ0v) is 15.2. The van der Waals surface area contributed by atoms with Gasteiger partial charge in [-0.05, 0) is 51.5 Å². The summed E-state index contributed by atoms with van der Waals surface area (Å²) in [6.07, 6.45) is 5.08. The molecule has 1 aliphatic heterocycles. The minimum atomic E-state index is 0.269. The lowest BCUT2D eigenvalue weighted by atomic mass is 9.67. The molecule has 3 heteroatoms. The number of piperazine rings is 1. The lowest BCUT2D eigenvalue weighted by Crippen LogP contribution is -2.63. The smallest absolute Gasteiger partial charge is 0.0277 e. The van der Waals surface area contributed by atoms with Crippen LogP contribution in [0.3, 0.4) is 0 Å². The molecule has 0 spiro atoms. The van der Waals surface area contributed by atoms with E-state index in [1.165, 1.54) is 32.2 Å². The third kappa shape index (κ3) is 3.62. The van der Waals surface area contributed by atoms with Crippen molar-refractivity contribution in [1.29, 1.82) is 0 Å². The molecule has 3 nitrogen and oxygen atoms in total. The van der Waals surface area contributed by atoms with Gasteiger partial charge < -0.3 is 5.73 Å². The Hall–Kier alpha value is -0.120. The number of hydrogen-bond acceptors (Lipinski definition) is 3. The molecule has 0 amide bonds. The van der Waals surface area contributed by atoms with Crippen molar-refractivity contribution in [2.24, 2.45) is 17.1 Å². The third-order valence-electron chi connectivity index (χ3n) is 6.70. The average molecular weight is 296 g/mol. The number of nitrogens with zero attached hydrogens (tertiary/aromatic N) is 2. The molecule has 3 unspecified atom stereocenters. The van der Waals surface area contributed by atoms with E-state index in [-0.39, 0.29) is 5.54 Å². The van der Waals surface area contributed by atoms with Crippen LogP contribution in [-0.4, -0.2) is 54.1 Å². The summed E-state index contributed by atoms with van der Waals surface area (Å²) in [5, 5.41) is 0. The summed E-state index contributed by atoms with van der Waals surface area (Å²) in [6, 6.07) is 0.954. The van der Waals surface area contributed by atoms with E-state index in [1.54, 1.807) is 0 Å². The Bertz CT molecular complexity index is 348. The maximum atomic E-state index is 6.52. The topological polar surface area (TPSA) is 32.5 Å². The summed E-state index contributed by atoms with van der Waals surface area (Å²) in [5.74, 6) is 0.829. The van der Waals surface area contributed by atoms with E-state index in [9.17, 15) is 0 Å². The van der Waals surface area contributed by atoms with E-state index < -0.39 is 0 Å². The molecule has 0 bridgehead atoms. The SMILES string of the molecule is CCC(C)(C)C1CCC(N)C(N2CCN(C)C(C)(C)C2)C1. The van der Waals surface area contributed by atoms with Gasteiger partial charge in [0.15, 0.2) is 0 Å². The molecule has 2 rings (SSSR count). The number of likely N-dealkylation sites (N-methyl/N-ethyl adjacent to an activating group) is 1. The van der Waals surface area contributed by atoms with Gasteiger partial charge in [-0.1, -0.05) is 27.2 Å². The summed E-state index contributed by atoms with van der Waals surface area (Å²) >= 11 is 0. The fourth-order valence-corrected chi connectivity index (χ4v) is 4.15. The second-order valence-corrected chi connectivity index (χ2v) is 8.79. The largest absolute Gasteiger partial charge is 0.326 e. The Kier molecular flexibility index (Phi) is 5.07. The summed E-state index contributed by atoms with van der Waals surface area (Å²) in [6.45, 7) is 15.4. The van der Waals surface area contributed by atoms with Gasteiger partial charge in [-0.25, -0.2) is 0 Å². The average Bonchev–Trinajstić information content (AvgIpc) is 2.42. The number of hydrogen-bond donors (Lipinski definition) is 1. The lowest BCUT2D eigenvalue weighted by Gasteiger charge is -2.52. The highest BCUT2D eigenvalue weighted by Crippen LogP contribution is 2.42. The first kappa shape index (κ1) is 17.2. The van der Waals surface area contributed by atoms with Crippen molar-refractivity contribution < 1.29 is 0 Å². The van der Waals surface area contributed by atoms with Crippen LogP contribution in [0.4, 0.5) is 0 Å². The molecule has 124 valence electrons. The number of nitrogens with two attached hydrogens (primary N) is 1. The molecule has 0 radical (unpaired) electrons. The van der Waals surface area contributed by atoms with Gasteiger partial charge in [-0.3, -0.25) is 9.80 Å². The van der Waals surface area contributed by atoms with E-state index >= 15 is 0 Å². The third-order valence-corrected chi connectivity index (χ3v) is 6.70. The van der Waals surface area contributed by atoms with Crippen molar-refractivity contribution in [2.75, 3.05) is 26.7 Å². The molecular weight excluding hydrogens is 258 g/mol. The lowest BCUT2D eigenvalue weighted by molar-refractivity contribution is -0.0154. The molecule has 3 atom stereocenters. The normalized spacial score (nSPS) is 35.9. The van der Waals surface area contributed by atoms with Gasteiger partial charge in [0.25, 0.3) is 0 Å². The minimum absolute atomic E-state index is 0.269. The second-order valence-electron chi connectivity index (χ2n) is 8.79. The maximum absolute atomic E-state index is 6.52. The monoisotopic (exact) mass is 295 g/mol. The first-order valence-electron chi connectivity index (χ1n) is 8.88. The summed E-state index contributed by atoms with van der Waals surface area (Å²) in [5.41, 5.74) is 7.25. The van der Waals surface area contributed by atoms with Gasteiger partial charge in [0, 0.05) is 37.3 Å². The van der Waals surface area contributed by atoms with Crippen LogP contribution in [0.2, 0.25) is 0 Å². The van der Waals surface area contributed by atoms with Gasteiger partial charge in [0.1, 0.15) is 0 Å². The Morgan fingerprint density at radius 2 is 1.86 bits per heavy atom. The molecule has 1 heterocycles. The van der Waals surface area contributed by atoms with Crippen LogP contribution in [0, 0.1) is 11.3 Å². The van der Waals surface area contributed by atoms with Crippen molar-refractivity contribution >= 4 is 0 Å². The van der Waals surface area contributed by atoms with Crippen LogP contribution in [-0.2, 0) is 0 Å². The molecule has 0 aromatic rings. The fraction of sp³-hybridized carbons (Fsp3) is 1.00. The molecule has 2 fully saturated rings. The first-order chi connectivity index (χ1) is 9.67. The molecule has 2 aliphatic rings. The van der Waals surface area contributed by atoms with E-state index in [2.05, 4.69) is 51.5 Å². The molecular formula is C18H37N3. The van der Waals surface area contributed by atoms with Gasteiger partial charge in [-0.15, -0.1) is 0 Å². The van der Waals surface area contributed by atoms with Crippen molar-refractivity contribution in [1.82, 2.24) is 9.80 Å². The molecule has 1 saturated heterocycles. The van der Waals surface area contributed by atoms with Crippen LogP contribution >= 0.6 is 0 Å². The van der Waals surface area contributed by atoms with Crippen molar-refractivity contribution in [3.05, 3.63) is 0 Å². The Labute approximate surface area is 132 Å². The molecule has 1 saturated carbocycles. The maximum Gasteiger partial charge on any atom is 0.0277 e. The zero-order valence-electron chi connectivity index (χ0n) is 15.2. The summed E-state index contributed by atoms with van der Waals surface area (Å²) in [4.78, 5) is 5.19. The molecule has 2 N–H and O–H groups in total. The standard InChI is InChI=1S/C18H37N3/c1-7-17(2,3)14-8-9-15(19)16(12-14)21-11-10-20(6)18(4,5)13-21/h14-16H,7-13,19H2,1-6H3. The predicted octanol–water partition coefficient (Wildman–Crippen LogP) is 2.94. The zero-order chi connectivity index (χ0) is 15.8. The Morgan fingerprint density at radius 3 is 2.43 bits per heavy atom. The van der Waals surface area contributed by atoms with Crippen molar-refractivity contribution in [3.8, 4) is 0 Å². The highest BCUT2D eigenvalue weighted by Gasteiger charge is 2.41. The summed E-state index contributed by atoms with van der Waals surface area (Å²) < 4.78 is 0. The van der Waals surface area contributed by atoms with Crippen molar-refractivity contribution in [2.45, 2.75) is 77.9 Å². The van der Waals surface area contributed by atoms with Crippen molar-refractivity contribution in [3.63, 3.8) is 0 Å². The van der Waals surface area contributed by atoms with Crippen LogP contribution in [0.15, 0.2) is 0 Å². The Morgan fingerprint density at radius 1 is 1.19 bits per heavy atom. The van der Waals surface area contributed by atoms with Gasteiger partial charge >= 0.3 is 0 Å². The van der Waals surface area contributed by atoms with Gasteiger partial charge in [-0.2, -0.15) is 0 Å². The summed E-state index contributed by atoms with van der Waals surface area (Å²) in [7, 11) is 2.25. The van der Waals surface area contributed by atoms with Gasteiger partial charge in [0.05, 0.1) is 0 Å². The first-order valence-corrected chi connectivity index (χ1v) is 8.88. The molecule has 1 aliphatic carbocycles. The highest BCUT2D eigenvalue weighted by atomic mass is 15.3. The quantitative estimate of drug-likeness (QED) is 0.869. The fourth-order valence-electron chi connectivity index (χ4n) is 4.15. The molecule has 21 heavy (non-hydrogen) atoms. The highest BCUT2D eigenvalue weighted by molar-refractivity contribution is 4.98. The second kappa shape index (κ2) is 6.17. The van der Waals surface area contributed by atoms with Crippen LogP contribution < -0.4 is 5.73 Å². The molecule has 0 aromatic carbocycles. The minimum Gasteiger partial charge on any atom is -0.326 e. The molecule has 0 aromatic heterocycles. The van der Waals surface area contributed by atoms with Crippen LogP contribution in [0.1, 0.15) is 60.3 Å². The van der Waals surface area contributed by atoms with E-state index in [0.29, 0.717) is 17.5 Å². The van der Waals surface area contributed by atoms with Gasteiger partial charge in [0.2, 0.25) is 0 Å². The van der Waals surface area contributed by atoms with Crippen LogP contribution in [0.25, 0.3) is 0 Å². The van der Waals surface area contributed by atoms with Crippen LogP contribution in [0.5, 0.6) is 0 Å². The number of rotatable bonds is 3. The predicted molar refractivity (Wildman–Crippen MR) is 91.5 cm³/mol. The van der Waals surface area contributed by atoms with E-state index in [4.69, 9.17) is 5.73 Å². The Balaban J connectivity index is 2.07. The van der Waals surface area contributed by atoms with E-state index in [1.807, 2.05) is 0 Å².